The van der Waals surface area contributed by atoms with Crippen LogP contribution in [0.5, 0.6) is 0 Å². The molecule has 1 aromatic rings. The van der Waals surface area contributed by atoms with Crippen molar-refractivity contribution in [1.29, 1.82) is 0 Å². The summed E-state index contributed by atoms with van der Waals surface area (Å²) in [5.74, 6) is 0. The van der Waals surface area contributed by atoms with Gasteiger partial charge in [-0.15, -0.1) is 5.10 Å². The van der Waals surface area contributed by atoms with Crippen LogP contribution in [0.25, 0.3) is 0 Å². The number of ether oxygens (including phenoxy) is 1. The molecular weight excluding hydrogens is 304 g/mol. The Balaban J connectivity index is 2.35. The second-order valence-electron chi connectivity index (χ2n) is 6.51. The monoisotopic (exact) mass is 326 g/mol. The van der Waals surface area contributed by atoms with Gasteiger partial charge >= 0.3 is 6.09 Å². The molecule has 0 radical (unpaired) electrons. The van der Waals surface area contributed by atoms with E-state index in [0.717, 1.165) is 23.4 Å². The van der Waals surface area contributed by atoms with E-state index < -0.39 is 5.60 Å². The predicted octanol–water partition coefficient (Wildman–Crippen LogP) is 2.63. The lowest BCUT2D eigenvalue weighted by molar-refractivity contribution is 0.0117. The Morgan fingerprint density at radius 2 is 2.05 bits per heavy atom. The van der Waals surface area contributed by atoms with E-state index in [1.54, 1.807) is 4.90 Å². The zero-order valence-corrected chi connectivity index (χ0v) is 14.5. The molecule has 2 rings (SSSR count). The standard InChI is InChI=1S/C15H23ClN4O2/c1-9-10(2)18-19-13(16)12(9)11-8-17-6-7-20(11)14(21)22-15(3,4)5/h11,17H,6-8H2,1-5H3. The van der Waals surface area contributed by atoms with Crippen LogP contribution in [0.4, 0.5) is 4.79 Å². The zero-order valence-electron chi connectivity index (χ0n) is 13.7. The molecule has 1 fully saturated rings. The van der Waals surface area contributed by atoms with Crippen LogP contribution in [0.15, 0.2) is 0 Å². The highest BCUT2D eigenvalue weighted by Crippen LogP contribution is 2.31. The number of aromatic nitrogens is 2. The van der Waals surface area contributed by atoms with E-state index in [2.05, 4.69) is 15.5 Å². The second-order valence-corrected chi connectivity index (χ2v) is 6.87. The summed E-state index contributed by atoms with van der Waals surface area (Å²) in [6.45, 7) is 11.3. The molecule has 1 saturated heterocycles. The quantitative estimate of drug-likeness (QED) is 0.859. The molecule has 0 aliphatic carbocycles. The average molecular weight is 327 g/mol. The topological polar surface area (TPSA) is 67.4 Å². The summed E-state index contributed by atoms with van der Waals surface area (Å²) in [7, 11) is 0. The first-order valence-corrected chi connectivity index (χ1v) is 7.78. The summed E-state index contributed by atoms with van der Waals surface area (Å²) < 4.78 is 5.52. The number of carbonyl (C=O) groups is 1. The zero-order chi connectivity index (χ0) is 16.5. The number of rotatable bonds is 1. The van der Waals surface area contributed by atoms with Gasteiger partial charge in [0.05, 0.1) is 11.7 Å². The molecule has 1 unspecified atom stereocenters. The maximum atomic E-state index is 12.5. The predicted molar refractivity (Wildman–Crippen MR) is 85.1 cm³/mol. The van der Waals surface area contributed by atoms with E-state index in [0.29, 0.717) is 18.2 Å². The number of piperazine rings is 1. The largest absolute Gasteiger partial charge is 0.444 e. The molecule has 22 heavy (non-hydrogen) atoms. The van der Waals surface area contributed by atoms with Crippen molar-refractivity contribution in [2.45, 2.75) is 46.3 Å². The van der Waals surface area contributed by atoms with E-state index in [1.807, 2.05) is 34.6 Å². The molecule has 1 amide bonds. The van der Waals surface area contributed by atoms with Gasteiger partial charge in [0.2, 0.25) is 0 Å². The smallest absolute Gasteiger partial charge is 0.410 e. The average Bonchev–Trinajstić information content (AvgIpc) is 2.42. The maximum absolute atomic E-state index is 12.5. The number of nitrogens with one attached hydrogen (secondary N) is 1. The van der Waals surface area contributed by atoms with Crippen LogP contribution < -0.4 is 5.32 Å². The Bertz CT molecular complexity index is 571. The number of hydrogen-bond donors (Lipinski definition) is 1. The number of carbonyl (C=O) groups excluding carboxylic acids is 1. The van der Waals surface area contributed by atoms with Gasteiger partial charge in [0.15, 0.2) is 5.15 Å². The third kappa shape index (κ3) is 3.67. The molecular formula is C15H23ClN4O2. The Morgan fingerprint density at radius 1 is 1.36 bits per heavy atom. The van der Waals surface area contributed by atoms with Crippen molar-refractivity contribution in [2.24, 2.45) is 0 Å². The number of amides is 1. The number of halogens is 1. The van der Waals surface area contributed by atoms with Crippen molar-refractivity contribution >= 4 is 17.7 Å². The third-order valence-corrected chi connectivity index (χ3v) is 3.94. The summed E-state index contributed by atoms with van der Waals surface area (Å²) in [4.78, 5) is 14.2. The van der Waals surface area contributed by atoms with Gasteiger partial charge in [-0.1, -0.05) is 11.6 Å². The lowest BCUT2D eigenvalue weighted by Crippen LogP contribution is -2.50. The fourth-order valence-electron chi connectivity index (χ4n) is 2.49. The lowest BCUT2D eigenvalue weighted by Gasteiger charge is -2.38. The fourth-order valence-corrected chi connectivity index (χ4v) is 2.79. The molecule has 0 bridgehead atoms. The molecule has 1 aliphatic heterocycles. The van der Waals surface area contributed by atoms with Crippen molar-refractivity contribution in [3.8, 4) is 0 Å². The summed E-state index contributed by atoms with van der Waals surface area (Å²) >= 11 is 6.26. The Hall–Kier alpha value is -1.40. The third-order valence-electron chi connectivity index (χ3n) is 3.66. The van der Waals surface area contributed by atoms with Gasteiger partial charge in [-0.25, -0.2) is 4.79 Å². The van der Waals surface area contributed by atoms with E-state index in [9.17, 15) is 4.79 Å². The SMILES string of the molecule is Cc1nnc(Cl)c(C2CNCCN2C(=O)OC(C)(C)C)c1C. The molecule has 1 aromatic heterocycles. The summed E-state index contributed by atoms with van der Waals surface area (Å²) in [6, 6.07) is -0.203. The molecule has 1 atom stereocenters. The van der Waals surface area contributed by atoms with Crippen LogP contribution in [0.3, 0.4) is 0 Å². The molecule has 0 spiro atoms. The van der Waals surface area contributed by atoms with Crippen molar-refractivity contribution in [2.75, 3.05) is 19.6 Å². The highest BCUT2D eigenvalue weighted by Gasteiger charge is 2.34. The second kappa shape index (κ2) is 6.38. The van der Waals surface area contributed by atoms with Crippen LogP contribution in [-0.2, 0) is 4.74 Å². The normalized spacial score (nSPS) is 19.2. The highest BCUT2D eigenvalue weighted by atomic mass is 35.5. The molecule has 6 nitrogen and oxygen atoms in total. The van der Waals surface area contributed by atoms with Crippen molar-refractivity contribution in [3.05, 3.63) is 22.0 Å². The minimum Gasteiger partial charge on any atom is -0.444 e. The first kappa shape index (κ1) is 17.0. The summed E-state index contributed by atoms with van der Waals surface area (Å²) in [6.07, 6.45) is -0.330. The molecule has 1 aliphatic rings. The van der Waals surface area contributed by atoms with Crippen LogP contribution in [0.1, 0.15) is 43.6 Å². The van der Waals surface area contributed by atoms with Gasteiger partial charge in [0, 0.05) is 25.2 Å². The highest BCUT2D eigenvalue weighted by molar-refractivity contribution is 6.30. The van der Waals surface area contributed by atoms with Crippen molar-refractivity contribution < 1.29 is 9.53 Å². The van der Waals surface area contributed by atoms with Crippen molar-refractivity contribution in [1.82, 2.24) is 20.4 Å². The van der Waals surface area contributed by atoms with Crippen LogP contribution >= 0.6 is 11.6 Å². The number of aryl methyl sites for hydroxylation is 1. The van der Waals surface area contributed by atoms with Gasteiger partial charge in [-0.3, -0.25) is 4.90 Å². The van der Waals surface area contributed by atoms with Gasteiger partial charge in [0.25, 0.3) is 0 Å². The molecule has 122 valence electrons. The van der Waals surface area contributed by atoms with E-state index >= 15 is 0 Å². The van der Waals surface area contributed by atoms with Crippen LogP contribution in [-0.4, -0.2) is 46.4 Å². The Morgan fingerprint density at radius 3 is 2.68 bits per heavy atom. The Labute approximate surface area is 136 Å². The van der Waals surface area contributed by atoms with Crippen LogP contribution in [0.2, 0.25) is 5.15 Å². The van der Waals surface area contributed by atoms with Gasteiger partial charge in [-0.05, 0) is 40.2 Å². The molecule has 7 heteroatoms. The van der Waals surface area contributed by atoms with Gasteiger partial charge in [0.1, 0.15) is 5.60 Å². The number of hydrogen-bond acceptors (Lipinski definition) is 5. The maximum Gasteiger partial charge on any atom is 0.410 e. The minimum atomic E-state index is -0.530. The fraction of sp³-hybridized carbons (Fsp3) is 0.667. The molecule has 2 heterocycles. The summed E-state index contributed by atoms with van der Waals surface area (Å²) in [5.41, 5.74) is 2.08. The van der Waals surface area contributed by atoms with E-state index in [1.165, 1.54) is 0 Å². The summed E-state index contributed by atoms with van der Waals surface area (Å²) in [5, 5.41) is 11.7. The van der Waals surface area contributed by atoms with Crippen LogP contribution in [0, 0.1) is 13.8 Å². The first-order valence-electron chi connectivity index (χ1n) is 7.40. The molecule has 0 aromatic carbocycles. The van der Waals surface area contributed by atoms with Gasteiger partial charge < -0.3 is 10.1 Å². The Kier molecular flexibility index (Phi) is 4.92. The van der Waals surface area contributed by atoms with E-state index in [4.69, 9.17) is 16.3 Å². The molecule has 1 N–H and O–H groups in total. The number of nitrogens with zero attached hydrogens (tertiary/aromatic N) is 3. The van der Waals surface area contributed by atoms with E-state index in [-0.39, 0.29) is 12.1 Å². The lowest BCUT2D eigenvalue weighted by atomic mass is 10.00. The van der Waals surface area contributed by atoms with Crippen molar-refractivity contribution in [3.63, 3.8) is 0 Å². The minimum absolute atomic E-state index is 0.203. The van der Waals surface area contributed by atoms with Gasteiger partial charge in [-0.2, -0.15) is 5.10 Å². The molecule has 0 saturated carbocycles. The first-order chi connectivity index (χ1) is 10.2.